The molecule has 0 aliphatic rings. The largest absolute Gasteiger partial charge is 0.378 e. The van der Waals surface area contributed by atoms with Crippen LogP contribution in [0, 0.1) is 0 Å². The number of nitrogens with zero attached hydrogens (tertiary/aromatic N) is 2. The minimum absolute atomic E-state index is 0.216. The third-order valence-electron chi connectivity index (χ3n) is 3.07. The molecule has 0 aliphatic heterocycles. The molecule has 5 heteroatoms. The molecule has 1 aromatic heterocycles. The van der Waals surface area contributed by atoms with Gasteiger partial charge in [-0.2, -0.15) is 0 Å². The molecular formula is C17H20N4O. The van der Waals surface area contributed by atoms with Gasteiger partial charge in [0.05, 0.1) is 0 Å². The summed E-state index contributed by atoms with van der Waals surface area (Å²) in [5.74, 6) is -0.216. The molecule has 0 unspecified atom stereocenters. The van der Waals surface area contributed by atoms with E-state index in [9.17, 15) is 4.79 Å². The third-order valence-corrected chi connectivity index (χ3v) is 3.07. The van der Waals surface area contributed by atoms with Crippen molar-refractivity contribution < 1.29 is 4.79 Å². The summed E-state index contributed by atoms with van der Waals surface area (Å²) in [6, 6.07) is 11.6. The van der Waals surface area contributed by atoms with E-state index in [0.29, 0.717) is 12.2 Å². The molecule has 0 bridgehead atoms. The van der Waals surface area contributed by atoms with Crippen molar-refractivity contribution in [2.45, 2.75) is 0 Å². The zero-order valence-electron chi connectivity index (χ0n) is 12.8. The van der Waals surface area contributed by atoms with E-state index in [-0.39, 0.29) is 5.91 Å². The molecule has 0 fully saturated rings. The fourth-order valence-electron chi connectivity index (χ4n) is 1.90. The van der Waals surface area contributed by atoms with Crippen molar-refractivity contribution in [1.29, 1.82) is 0 Å². The molecule has 0 atom stereocenters. The SMILES string of the molecule is C=CCNC(=O)c1cc(Nc2ccc(N(C)C)cc2)ccn1. The molecule has 1 heterocycles. The van der Waals surface area contributed by atoms with Gasteiger partial charge in [0.25, 0.3) is 5.91 Å². The standard InChI is InChI=1S/C17H20N4O/c1-4-10-19-17(22)16-12-14(9-11-18-16)20-13-5-7-15(8-6-13)21(2)3/h4-9,11-12H,1,10H2,2-3H3,(H,18,20)(H,19,22). The number of hydrogen-bond acceptors (Lipinski definition) is 4. The van der Waals surface area contributed by atoms with Crippen molar-refractivity contribution in [3.05, 3.63) is 60.9 Å². The molecule has 2 N–H and O–H groups in total. The highest BCUT2D eigenvalue weighted by Crippen LogP contribution is 2.20. The van der Waals surface area contributed by atoms with Gasteiger partial charge in [-0.3, -0.25) is 9.78 Å². The van der Waals surface area contributed by atoms with Crippen LogP contribution in [-0.2, 0) is 0 Å². The first-order valence-electron chi connectivity index (χ1n) is 6.99. The fourth-order valence-corrected chi connectivity index (χ4v) is 1.90. The van der Waals surface area contributed by atoms with Crippen LogP contribution in [0.4, 0.5) is 17.1 Å². The van der Waals surface area contributed by atoms with E-state index >= 15 is 0 Å². The Morgan fingerprint density at radius 3 is 2.59 bits per heavy atom. The highest BCUT2D eigenvalue weighted by Gasteiger charge is 2.06. The number of hydrogen-bond donors (Lipinski definition) is 2. The van der Waals surface area contributed by atoms with Crippen molar-refractivity contribution in [3.8, 4) is 0 Å². The summed E-state index contributed by atoms with van der Waals surface area (Å²) >= 11 is 0. The predicted molar refractivity (Wildman–Crippen MR) is 90.8 cm³/mol. The second-order valence-electron chi connectivity index (χ2n) is 4.99. The number of anilines is 3. The lowest BCUT2D eigenvalue weighted by Gasteiger charge is -2.13. The first kappa shape index (κ1) is 15.6. The van der Waals surface area contributed by atoms with E-state index in [0.717, 1.165) is 17.1 Å². The quantitative estimate of drug-likeness (QED) is 0.805. The number of benzene rings is 1. The van der Waals surface area contributed by atoms with Gasteiger partial charge in [0, 0.05) is 43.9 Å². The minimum atomic E-state index is -0.216. The molecule has 1 aromatic carbocycles. The highest BCUT2D eigenvalue weighted by molar-refractivity contribution is 5.93. The Morgan fingerprint density at radius 1 is 1.23 bits per heavy atom. The number of carbonyl (C=O) groups is 1. The maximum Gasteiger partial charge on any atom is 0.270 e. The molecule has 22 heavy (non-hydrogen) atoms. The van der Waals surface area contributed by atoms with Crippen LogP contribution in [0.3, 0.4) is 0 Å². The first-order valence-corrected chi connectivity index (χ1v) is 6.99. The van der Waals surface area contributed by atoms with Gasteiger partial charge in [-0.25, -0.2) is 0 Å². The smallest absolute Gasteiger partial charge is 0.270 e. The van der Waals surface area contributed by atoms with E-state index in [1.807, 2.05) is 49.3 Å². The van der Waals surface area contributed by atoms with Gasteiger partial charge < -0.3 is 15.5 Å². The summed E-state index contributed by atoms with van der Waals surface area (Å²) in [6.07, 6.45) is 3.24. The molecular weight excluding hydrogens is 276 g/mol. The molecule has 0 saturated heterocycles. The lowest BCUT2D eigenvalue weighted by atomic mass is 10.2. The molecule has 5 nitrogen and oxygen atoms in total. The Labute approximate surface area is 130 Å². The average molecular weight is 296 g/mol. The number of carbonyl (C=O) groups excluding carboxylic acids is 1. The summed E-state index contributed by atoms with van der Waals surface area (Å²) in [5, 5.41) is 5.97. The Bertz CT molecular complexity index is 650. The summed E-state index contributed by atoms with van der Waals surface area (Å²) in [6.45, 7) is 3.99. The normalized spacial score (nSPS) is 9.91. The number of rotatable bonds is 6. The van der Waals surface area contributed by atoms with Gasteiger partial charge in [-0.15, -0.1) is 6.58 Å². The minimum Gasteiger partial charge on any atom is -0.378 e. The van der Waals surface area contributed by atoms with E-state index in [1.165, 1.54) is 0 Å². The van der Waals surface area contributed by atoms with Gasteiger partial charge in [0.15, 0.2) is 0 Å². The maximum absolute atomic E-state index is 11.9. The Hall–Kier alpha value is -2.82. The number of nitrogens with one attached hydrogen (secondary N) is 2. The molecule has 0 saturated carbocycles. The van der Waals surface area contributed by atoms with Crippen LogP contribution in [0.1, 0.15) is 10.5 Å². The summed E-state index contributed by atoms with van der Waals surface area (Å²) < 4.78 is 0. The second kappa shape index (κ2) is 7.26. The molecule has 0 radical (unpaired) electrons. The summed E-state index contributed by atoms with van der Waals surface area (Å²) in [4.78, 5) is 18.0. The zero-order chi connectivity index (χ0) is 15.9. The number of amides is 1. The lowest BCUT2D eigenvalue weighted by Crippen LogP contribution is -2.24. The van der Waals surface area contributed by atoms with Crippen molar-refractivity contribution in [2.24, 2.45) is 0 Å². The monoisotopic (exact) mass is 296 g/mol. The second-order valence-corrected chi connectivity index (χ2v) is 4.99. The molecule has 114 valence electrons. The molecule has 2 rings (SSSR count). The number of pyridine rings is 1. The average Bonchev–Trinajstić information content (AvgIpc) is 2.53. The van der Waals surface area contributed by atoms with Crippen molar-refractivity contribution in [3.63, 3.8) is 0 Å². The van der Waals surface area contributed by atoms with Gasteiger partial charge >= 0.3 is 0 Å². The Balaban J connectivity index is 2.09. The van der Waals surface area contributed by atoms with Gasteiger partial charge in [-0.1, -0.05) is 6.08 Å². The lowest BCUT2D eigenvalue weighted by molar-refractivity contribution is 0.0953. The Morgan fingerprint density at radius 2 is 1.95 bits per heavy atom. The van der Waals surface area contributed by atoms with Crippen LogP contribution >= 0.6 is 0 Å². The van der Waals surface area contributed by atoms with Crippen LogP contribution in [-0.4, -0.2) is 31.5 Å². The zero-order valence-corrected chi connectivity index (χ0v) is 12.8. The molecule has 1 amide bonds. The molecule has 0 spiro atoms. The maximum atomic E-state index is 11.9. The summed E-state index contributed by atoms with van der Waals surface area (Å²) in [5.41, 5.74) is 3.27. The van der Waals surface area contributed by atoms with Crippen LogP contribution in [0.15, 0.2) is 55.3 Å². The summed E-state index contributed by atoms with van der Waals surface area (Å²) in [7, 11) is 4.00. The number of aromatic nitrogens is 1. The first-order chi connectivity index (χ1) is 10.6. The van der Waals surface area contributed by atoms with Gasteiger partial charge in [0.2, 0.25) is 0 Å². The molecule has 2 aromatic rings. The van der Waals surface area contributed by atoms with Crippen LogP contribution < -0.4 is 15.5 Å². The van der Waals surface area contributed by atoms with E-state index in [4.69, 9.17) is 0 Å². The van der Waals surface area contributed by atoms with Crippen LogP contribution in [0.2, 0.25) is 0 Å². The predicted octanol–water partition coefficient (Wildman–Crippen LogP) is 2.81. The van der Waals surface area contributed by atoms with Crippen molar-refractivity contribution in [1.82, 2.24) is 10.3 Å². The fraction of sp³-hybridized carbons (Fsp3) is 0.176. The van der Waals surface area contributed by atoms with Crippen LogP contribution in [0.25, 0.3) is 0 Å². The third kappa shape index (κ3) is 4.09. The van der Waals surface area contributed by atoms with Gasteiger partial charge in [-0.05, 0) is 36.4 Å². The van der Waals surface area contributed by atoms with E-state index < -0.39 is 0 Å². The van der Waals surface area contributed by atoms with Gasteiger partial charge in [0.1, 0.15) is 5.69 Å². The van der Waals surface area contributed by atoms with E-state index in [1.54, 1.807) is 18.3 Å². The van der Waals surface area contributed by atoms with Crippen LogP contribution in [0.5, 0.6) is 0 Å². The topological polar surface area (TPSA) is 57.3 Å². The van der Waals surface area contributed by atoms with E-state index in [2.05, 4.69) is 22.2 Å². The Kier molecular flexibility index (Phi) is 5.14. The van der Waals surface area contributed by atoms with Crippen molar-refractivity contribution in [2.75, 3.05) is 30.9 Å². The molecule has 0 aliphatic carbocycles. The van der Waals surface area contributed by atoms with Crippen molar-refractivity contribution >= 4 is 23.0 Å². The highest BCUT2D eigenvalue weighted by atomic mass is 16.1.